The van der Waals surface area contributed by atoms with E-state index >= 15 is 0 Å². The van der Waals surface area contributed by atoms with Crippen LogP contribution in [0.3, 0.4) is 0 Å². The molecule has 0 aromatic carbocycles. The Balaban J connectivity index is 2.40. The average Bonchev–Trinajstić information content (AvgIpc) is 2.51. The monoisotopic (exact) mass is 224 g/mol. The van der Waals surface area contributed by atoms with Gasteiger partial charge in [0.15, 0.2) is 0 Å². The Morgan fingerprint density at radius 3 is 2.50 bits per heavy atom. The molecule has 1 fully saturated rings. The molecular weight excluding hydrogens is 208 g/mol. The maximum Gasteiger partial charge on any atom is 0.338 e. The molecule has 0 aromatic heterocycles. The smallest absolute Gasteiger partial charge is 0.338 e. The summed E-state index contributed by atoms with van der Waals surface area (Å²) in [5, 5.41) is 0. The van der Waals surface area contributed by atoms with E-state index in [4.69, 9.17) is 9.47 Å². The van der Waals surface area contributed by atoms with E-state index in [9.17, 15) is 9.59 Å². The Morgan fingerprint density at radius 2 is 1.94 bits per heavy atom. The maximum atomic E-state index is 11.7. The molecule has 1 saturated carbocycles. The first kappa shape index (κ1) is 11.2. The van der Waals surface area contributed by atoms with Gasteiger partial charge in [0, 0.05) is 5.57 Å². The van der Waals surface area contributed by atoms with Crippen LogP contribution < -0.4 is 0 Å². The van der Waals surface area contributed by atoms with Crippen molar-refractivity contribution in [1.29, 1.82) is 0 Å². The van der Waals surface area contributed by atoms with Crippen molar-refractivity contribution in [3.05, 3.63) is 11.1 Å². The van der Waals surface area contributed by atoms with E-state index in [1.54, 1.807) is 6.92 Å². The second-order valence-corrected chi connectivity index (χ2v) is 4.44. The van der Waals surface area contributed by atoms with Gasteiger partial charge >= 0.3 is 11.9 Å². The summed E-state index contributed by atoms with van der Waals surface area (Å²) in [7, 11) is 1.34. The molecule has 0 unspecified atom stereocenters. The molecule has 0 bridgehead atoms. The summed E-state index contributed by atoms with van der Waals surface area (Å²) in [6, 6.07) is 0. The SMILES string of the molecule is COC(=O)C1=C(C)C(=O)OC12CCCCC2. The lowest BCUT2D eigenvalue weighted by atomic mass is 9.79. The van der Waals surface area contributed by atoms with E-state index in [1.807, 2.05) is 0 Å². The van der Waals surface area contributed by atoms with Crippen molar-refractivity contribution in [2.75, 3.05) is 7.11 Å². The fourth-order valence-electron chi connectivity index (χ4n) is 2.66. The van der Waals surface area contributed by atoms with Gasteiger partial charge < -0.3 is 9.47 Å². The maximum absolute atomic E-state index is 11.7. The largest absolute Gasteiger partial charge is 0.466 e. The molecule has 0 N–H and O–H groups in total. The van der Waals surface area contributed by atoms with Crippen molar-refractivity contribution in [2.45, 2.75) is 44.6 Å². The minimum Gasteiger partial charge on any atom is -0.466 e. The van der Waals surface area contributed by atoms with E-state index < -0.39 is 11.6 Å². The molecule has 2 rings (SSSR count). The molecule has 1 spiro atoms. The first-order chi connectivity index (χ1) is 7.60. The number of carbonyl (C=O) groups excluding carboxylic acids is 2. The predicted molar refractivity (Wildman–Crippen MR) is 56.6 cm³/mol. The highest BCUT2D eigenvalue weighted by molar-refractivity contribution is 6.05. The van der Waals surface area contributed by atoms with Gasteiger partial charge in [-0.3, -0.25) is 0 Å². The second kappa shape index (κ2) is 3.92. The van der Waals surface area contributed by atoms with Crippen LogP contribution in [0.25, 0.3) is 0 Å². The third-order valence-electron chi connectivity index (χ3n) is 3.48. The molecule has 88 valence electrons. The topological polar surface area (TPSA) is 52.6 Å². The van der Waals surface area contributed by atoms with Crippen LogP contribution in [0.1, 0.15) is 39.0 Å². The Hall–Kier alpha value is -1.32. The third kappa shape index (κ3) is 1.52. The zero-order chi connectivity index (χ0) is 11.8. The van der Waals surface area contributed by atoms with E-state index in [0.29, 0.717) is 11.1 Å². The Bertz CT molecular complexity index is 361. The van der Waals surface area contributed by atoms with Crippen molar-refractivity contribution in [3.8, 4) is 0 Å². The van der Waals surface area contributed by atoms with Crippen LogP contribution in [0.15, 0.2) is 11.1 Å². The average molecular weight is 224 g/mol. The highest BCUT2D eigenvalue weighted by Crippen LogP contribution is 2.43. The van der Waals surface area contributed by atoms with E-state index in [2.05, 4.69) is 0 Å². The zero-order valence-electron chi connectivity index (χ0n) is 9.67. The normalized spacial score (nSPS) is 23.5. The standard InChI is InChI=1S/C12H16O4/c1-8-9(11(14)15-2)12(16-10(8)13)6-4-3-5-7-12/h3-7H2,1-2H3. The summed E-state index contributed by atoms with van der Waals surface area (Å²) >= 11 is 0. The van der Waals surface area contributed by atoms with Crippen molar-refractivity contribution >= 4 is 11.9 Å². The summed E-state index contributed by atoms with van der Waals surface area (Å²) in [5.74, 6) is -0.799. The summed E-state index contributed by atoms with van der Waals surface area (Å²) < 4.78 is 10.2. The Labute approximate surface area is 94.6 Å². The van der Waals surface area contributed by atoms with Crippen LogP contribution in [-0.4, -0.2) is 24.6 Å². The van der Waals surface area contributed by atoms with Crippen LogP contribution in [0.5, 0.6) is 0 Å². The molecule has 1 aliphatic heterocycles. The Kier molecular flexibility index (Phi) is 2.74. The molecule has 4 nitrogen and oxygen atoms in total. The quantitative estimate of drug-likeness (QED) is 0.636. The van der Waals surface area contributed by atoms with Gasteiger partial charge in [-0.05, 0) is 32.6 Å². The van der Waals surface area contributed by atoms with Gasteiger partial charge in [0.1, 0.15) is 5.60 Å². The summed E-state index contributed by atoms with van der Waals surface area (Å²) in [5.41, 5.74) is 0.167. The first-order valence-electron chi connectivity index (χ1n) is 5.64. The van der Waals surface area contributed by atoms with Crippen LogP contribution in [0.2, 0.25) is 0 Å². The lowest BCUT2D eigenvalue weighted by Gasteiger charge is -2.33. The molecule has 0 amide bonds. The van der Waals surface area contributed by atoms with Crippen molar-refractivity contribution in [1.82, 2.24) is 0 Å². The molecule has 1 heterocycles. The molecule has 0 radical (unpaired) electrons. The third-order valence-corrected chi connectivity index (χ3v) is 3.48. The van der Waals surface area contributed by atoms with Crippen LogP contribution >= 0.6 is 0 Å². The minimum atomic E-state index is -0.688. The van der Waals surface area contributed by atoms with Crippen molar-refractivity contribution in [2.24, 2.45) is 0 Å². The number of carbonyl (C=O) groups is 2. The molecular formula is C12H16O4. The number of esters is 2. The van der Waals surface area contributed by atoms with Gasteiger partial charge in [-0.25, -0.2) is 9.59 Å². The fraction of sp³-hybridized carbons (Fsp3) is 0.667. The summed E-state index contributed by atoms with van der Waals surface area (Å²) in [6.45, 7) is 1.64. The lowest BCUT2D eigenvalue weighted by Crippen LogP contribution is -2.37. The van der Waals surface area contributed by atoms with Gasteiger partial charge in [-0.15, -0.1) is 0 Å². The molecule has 0 saturated heterocycles. The lowest BCUT2D eigenvalue weighted by molar-refractivity contribution is -0.151. The van der Waals surface area contributed by atoms with Crippen LogP contribution in [0, 0.1) is 0 Å². The van der Waals surface area contributed by atoms with E-state index in [-0.39, 0.29) is 5.97 Å². The van der Waals surface area contributed by atoms with Crippen molar-refractivity contribution < 1.29 is 19.1 Å². The number of ether oxygens (including phenoxy) is 2. The van der Waals surface area contributed by atoms with Crippen molar-refractivity contribution in [3.63, 3.8) is 0 Å². The number of methoxy groups -OCH3 is 1. The van der Waals surface area contributed by atoms with Gasteiger partial charge in [0.05, 0.1) is 12.7 Å². The molecule has 2 aliphatic rings. The second-order valence-electron chi connectivity index (χ2n) is 4.44. The van der Waals surface area contributed by atoms with Crippen LogP contribution in [0.4, 0.5) is 0 Å². The molecule has 16 heavy (non-hydrogen) atoms. The fourth-order valence-corrected chi connectivity index (χ4v) is 2.66. The minimum absolute atomic E-state index is 0.373. The summed E-state index contributed by atoms with van der Waals surface area (Å²) in [6.07, 6.45) is 4.58. The predicted octanol–water partition coefficient (Wildman–Crippen LogP) is 1.74. The highest BCUT2D eigenvalue weighted by atomic mass is 16.6. The van der Waals surface area contributed by atoms with Gasteiger partial charge in [0.25, 0.3) is 0 Å². The molecule has 4 heteroatoms. The number of rotatable bonds is 1. The Morgan fingerprint density at radius 1 is 1.31 bits per heavy atom. The summed E-state index contributed by atoms with van der Waals surface area (Å²) in [4.78, 5) is 23.3. The molecule has 1 aliphatic carbocycles. The number of hydrogen-bond acceptors (Lipinski definition) is 4. The van der Waals surface area contributed by atoms with E-state index in [0.717, 1.165) is 32.1 Å². The first-order valence-corrected chi connectivity index (χ1v) is 5.64. The molecule has 0 aromatic rings. The van der Waals surface area contributed by atoms with E-state index in [1.165, 1.54) is 7.11 Å². The van der Waals surface area contributed by atoms with Crippen LogP contribution in [-0.2, 0) is 19.1 Å². The number of hydrogen-bond donors (Lipinski definition) is 0. The van der Waals surface area contributed by atoms with Gasteiger partial charge in [0.2, 0.25) is 0 Å². The van der Waals surface area contributed by atoms with Gasteiger partial charge in [-0.1, -0.05) is 6.42 Å². The molecule has 0 atom stereocenters. The zero-order valence-corrected chi connectivity index (χ0v) is 9.67. The van der Waals surface area contributed by atoms with Gasteiger partial charge in [-0.2, -0.15) is 0 Å². The highest BCUT2D eigenvalue weighted by Gasteiger charge is 2.50.